The number of hydrogen-bond donors (Lipinski definition) is 0. The average molecular weight is 983 g/mol. The van der Waals surface area contributed by atoms with Gasteiger partial charge in [0, 0.05) is 64.1 Å². The van der Waals surface area contributed by atoms with Gasteiger partial charge in [0.2, 0.25) is 0 Å². The molecule has 0 bridgehead atoms. The minimum Gasteiger partial charge on any atom is -0.510 e. The molecule has 0 N–H and O–H groups in total. The molecule has 302 valence electrons. The smallest absolute Gasteiger partial charge is 0.268 e. The number of aromatic nitrogens is 4. The van der Waals surface area contributed by atoms with Crippen LogP contribution in [0.2, 0.25) is 0 Å². The Morgan fingerprint density at radius 1 is 0.689 bits per heavy atom. The summed E-state index contributed by atoms with van der Waals surface area (Å²) >= 11 is 0. The third-order valence-electron chi connectivity index (χ3n) is 10.5. The zero-order valence-electron chi connectivity index (χ0n) is 43.9. The summed E-state index contributed by atoms with van der Waals surface area (Å²) < 4.78 is 99.6. The molecule has 0 saturated heterocycles. The molecule has 3 aromatic heterocycles. The summed E-state index contributed by atoms with van der Waals surface area (Å²) in [7, 11) is 3.72. The molecule has 0 aliphatic carbocycles. The van der Waals surface area contributed by atoms with Gasteiger partial charge < -0.3 is 18.8 Å². The molecular weight excluding hydrogens is 930 g/mol. The second-order valence-electron chi connectivity index (χ2n) is 15.6. The first-order valence-electron chi connectivity index (χ1n) is 24.4. The van der Waals surface area contributed by atoms with E-state index in [9.17, 15) is 0 Å². The second-order valence-corrected chi connectivity index (χ2v) is 15.6. The van der Waals surface area contributed by atoms with Crippen LogP contribution in [0.5, 0.6) is 11.5 Å². The van der Waals surface area contributed by atoms with Gasteiger partial charge in [-0.25, -0.2) is 4.98 Å². The van der Waals surface area contributed by atoms with Gasteiger partial charge in [0.25, 0.3) is 6.33 Å². The summed E-state index contributed by atoms with van der Waals surface area (Å²) in [5.41, 5.74) is 5.24. The predicted octanol–water partition coefficient (Wildman–Crippen LogP) is 12.3. The number of pyridine rings is 1. The number of benzene rings is 7. The molecular formula is C54H43N5OPt-2. The second kappa shape index (κ2) is 16.0. The van der Waals surface area contributed by atoms with E-state index < -0.39 is 60.4 Å². The van der Waals surface area contributed by atoms with Gasteiger partial charge in [-0.2, -0.15) is 18.2 Å². The fourth-order valence-corrected chi connectivity index (χ4v) is 7.72. The Balaban J connectivity index is 0.00000624. The van der Waals surface area contributed by atoms with E-state index in [2.05, 4.69) is 62.0 Å². The van der Waals surface area contributed by atoms with E-state index in [0.717, 1.165) is 33.2 Å². The van der Waals surface area contributed by atoms with Crippen LogP contribution in [0, 0.1) is 18.5 Å². The van der Waals surface area contributed by atoms with Crippen molar-refractivity contribution in [2.24, 2.45) is 0 Å². The van der Waals surface area contributed by atoms with Crippen molar-refractivity contribution < 1.29 is 44.1 Å². The quantitative estimate of drug-likeness (QED) is 0.112. The number of nitrogens with zero attached hydrogens (tertiary/aromatic N) is 5. The number of imidazole rings is 1. The Hall–Kier alpha value is -6.75. The summed E-state index contributed by atoms with van der Waals surface area (Å²) in [4.78, 5) is 6.69. The minimum absolute atomic E-state index is 0. The van der Waals surface area contributed by atoms with Crippen molar-refractivity contribution in [3.63, 3.8) is 0 Å². The van der Waals surface area contributed by atoms with Gasteiger partial charge in [0.1, 0.15) is 11.3 Å². The Kier molecular flexibility index (Phi) is 7.74. The van der Waals surface area contributed by atoms with Gasteiger partial charge in [0.15, 0.2) is 0 Å². The zero-order valence-corrected chi connectivity index (χ0v) is 36.1. The molecule has 0 saturated carbocycles. The first kappa shape index (κ1) is 29.5. The van der Waals surface area contributed by atoms with Gasteiger partial charge in [-0.3, -0.25) is 4.57 Å². The van der Waals surface area contributed by atoms with Crippen molar-refractivity contribution in [3.8, 4) is 50.9 Å². The molecule has 0 spiro atoms. The molecule has 0 amide bonds. The first-order chi connectivity index (χ1) is 33.4. The van der Waals surface area contributed by atoms with Crippen molar-refractivity contribution in [1.29, 1.82) is 0 Å². The number of fused-ring (bicyclic) bond motifs is 4. The average Bonchev–Trinajstić information content (AvgIpc) is 3.90. The molecule has 0 radical (unpaired) electrons. The van der Waals surface area contributed by atoms with Crippen molar-refractivity contribution in [2.45, 2.75) is 26.2 Å². The third kappa shape index (κ3) is 7.21. The largest absolute Gasteiger partial charge is 0.510 e. The summed E-state index contributed by atoms with van der Waals surface area (Å²) in [6, 6.07) is 33.6. The van der Waals surface area contributed by atoms with Crippen LogP contribution in [-0.2, 0) is 26.5 Å². The van der Waals surface area contributed by atoms with Crippen LogP contribution in [0.25, 0.3) is 72.3 Å². The topological polar surface area (TPSA) is 39.1 Å². The van der Waals surface area contributed by atoms with E-state index in [1.807, 2.05) is 85.9 Å². The molecule has 0 fully saturated rings. The van der Waals surface area contributed by atoms with Gasteiger partial charge in [0.05, 0.1) is 24.9 Å². The molecule has 0 aliphatic heterocycles. The van der Waals surface area contributed by atoms with Crippen molar-refractivity contribution in [3.05, 3.63) is 194 Å². The number of para-hydroxylation sites is 3. The van der Waals surface area contributed by atoms with E-state index in [1.165, 1.54) is 0 Å². The van der Waals surface area contributed by atoms with Crippen LogP contribution in [0.1, 0.15) is 40.0 Å². The molecule has 6 nitrogen and oxygen atoms in total. The molecule has 10 aromatic rings. The number of hydrogen-bond acceptors (Lipinski definition) is 3. The maximum Gasteiger partial charge on any atom is 0.268 e. The Bertz CT molecular complexity index is 3660. The van der Waals surface area contributed by atoms with Crippen LogP contribution in [-0.4, -0.2) is 28.2 Å². The van der Waals surface area contributed by atoms with E-state index in [0.29, 0.717) is 33.9 Å². The van der Waals surface area contributed by atoms with Crippen molar-refractivity contribution in [2.75, 3.05) is 19.0 Å². The van der Waals surface area contributed by atoms with Gasteiger partial charge >= 0.3 is 0 Å². The maximum absolute atomic E-state index is 9.09. The van der Waals surface area contributed by atoms with Crippen molar-refractivity contribution >= 4 is 38.5 Å². The van der Waals surface area contributed by atoms with Gasteiger partial charge in [-0.1, -0.05) is 135 Å². The fourth-order valence-electron chi connectivity index (χ4n) is 7.72. The van der Waals surface area contributed by atoms with E-state index in [4.69, 9.17) is 23.4 Å². The normalized spacial score (nSPS) is 13.9. The molecule has 0 unspecified atom stereocenters. The molecule has 0 aliphatic rings. The van der Waals surface area contributed by atoms with Crippen LogP contribution in [0.3, 0.4) is 0 Å². The summed E-state index contributed by atoms with van der Waals surface area (Å²) in [5.74, 6) is 1.54. The van der Waals surface area contributed by atoms with E-state index in [-0.39, 0.29) is 54.4 Å². The van der Waals surface area contributed by atoms with Crippen LogP contribution >= 0.6 is 0 Å². The Morgan fingerprint density at radius 2 is 1.34 bits per heavy atom. The standard InChI is InChI=1S/C54H43N5O.Pt/c1-54(2,3)39-31-32-55-51(33-39)59-47-26-13-12-23-45(47)46-30-29-42(35-50(46)59)60-41-22-14-21-40(34-41)57-36-58(53-48(56(4)5)27-16-28-49(53)57)52-43(37-17-8-6-9-18-37)24-15-25-44(52)38-19-10-7-11-20-38;/h6-33H,1-5H3;/q-2;/i6D,7D,8D,9D,10D,11D,17D,18D,19D,20D;. The number of rotatable bonds is 8. The molecule has 7 heteroatoms. The van der Waals surface area contributed by atoms with Crippen molar-refractivity contribution in [1.82, 2.24) is 14.1 Å². The van der Waals surface area contributed by atoms with Crippen LogP contribution in [0.15, 0.2) is 170 Å². The summed E-state index contributed by atoms with van der Waals surface area (Å²) in [6.07, 6.45) is 5.29. The molecule has 61 heavy (non-hydrogen) atoms. The summed E-state index contributed by atoms with van der Waals surface area (Å²) in [6.45, 7) is 6.50. The predicted molar refractivity (Wildman–Crippen MR) is 244 cm³/mol. The monoisotopic (exact) mass is 982 g/mol. The molecule has 7 aromatic carbocycles. The van der Waals surface area contributed by atoms with E-state index in [1.54, 1.807) is 33.4 Å². The Morgan fingerprint density at radius 3 is 2.05 bits per heavy atom. The molecule has 3 heterocycles. The minimum atomic E-state index is -0.576. The van der Waals surface area contributed by atoms with Gasteiger partial charge in [-0.15, -0.1) is 29.7 Å². The maximum atomic E-state index is 9.09. The molecule has 10 rings (SSSR count). The van der Waals surface area contributed by atoms with Crippen LogP contribution in [0.4, 0.5) is 5.69 Å². The zero-order chi connectivity index (χ0) is 49.7. The van der Waals surface area contributed by atoms with Crippen LogP contribution < -0.4 is 14.2 Å². The molecule has 0 atom stereocenters. The number of anilines is 1. The first-order valence-corrected chi connectivity index (χ1v) is 19.4. The van der Waals surface area contributed by atoms with Gasteiger partial charge in [-0.05, 0) is 68.6 Å². The number of ether oxygens (including phenoxy) is 1. The summed E-state index contributed by atoms with van der Waals surface area (Å²) in [5, 5.41) is 2.02. The van der Waals surface area contributed by atoms with E-state index >= 15 is 0 Å². The SMILES string of the molecule is [2H]c1c([2H])c([2H])c(-c2cccc(-c3c([2H])c([2H])c([2H])c([2H])c3[2H])c2-[n+]2[c-]n(-c3[c-]c(Oc4[c-]c5c(cc4)c4ccccc4n5-c4cc(C(C)(C)C)ccn4)ccc3)c3cccc(N(C)C)c32)c([2H])c1[2H].[Pt]. The third-order valence-corrected chi connectivity index (χ3v) is 10.5. The fraction of sp³-hybridized carbons (Fsp3) is 0.111. The Labute approximate surface area is 385 Å².